The Labute approximate surface area is 163 Å². The number of carbonyl (C=O) groups is 1. The molecule has 0 bridgehead atoms. The number of amides is 1. The van der Waals surface area contributed by atoms with Crippen molar-refractivity contribution >= 4 is 5.91 Å². The fraction of sp³-hybridized carbons (Fsp3) is 0.0870. The van der Waals surface area contributed by atoms with E-state index in [1.54, 1.807) is 10.9 Å². The first-order valence-electron chi connectivity index (χ1n) is 9.09. The topological polar surface area (TPSA) is 59.8 Å². The number of hydrogen-bond donors (Lipinski definition) is 1. The predicted octanol–water partition coefficient (Wildman–Crippen LogP) is 4.08. The van der Waals surface area contributed by atoms with Gasteiger partial charge in [-0.2, -0.15) is 5.10 Å². The fourth-order valence-electron chi connectivity index (χ4n) is 3.08. The first-order chi connectivity index (χ1) is 13.7. The van der Waals surface area contributed by atoms with Gasteiger partial charge in [-0.05, 0) is 41.5 Å². The van der Waals surface area contributed by atoms with Crippen LogP contribution in [0.25, 0.3) is 22.5 Å². The first kappa shape index (κ1) is 17.7. The highest BCUT2D eigenvalue weighted by atomic mass is 16.1. The molecule has 4 rings (SSSR count). The Morgan fingerprint density at radius 3 is 2.36 bits per heavy atom. The van der Waals surface area contributed by atoms with Gasteiger partial charge in [-0.15, -0.1) is 0 Å². The van der Waals surface area contributed by atoms with Crippen molar-refractivity contribution in [3.8, 4) is 22.5 Å². The second-order valence-electron chi connectivity index (χ2n) is 6.49. The molecule has 0 aliphatic rings. The lowest BCUT2D eigenvalue weighted by molar-refractivity contribution is 0.0950. The van der Waals surface area contributed by atoms with E-state index < -0.39 is 0 Å². The highest BCUT2D eigenvalue weighted by Crippen LogP contribution is 2.19. The van der Waals surface area contributed by atoms with Crippen LogP contribution in [0.4, 0.5) is 0 Å². The summed E-state index contributed by atoms with van der Waals surface area (Å²) in [6, 6.07) is 25.4. The van der Waals surface area contributed by atoms with E-state index in [1.807, 2.05) is 73.8 Å². The van der Waals surface area contributed by atoms with E-state index in [4.69, 9.17) is 0 Å². The van der Waals surface area contributed by atoms with Crippen molar-refractivity contribution in [3.05, 3.63) is 96.3 Å². The molecule has 1 N–H and O–H groups in total. The molecule has 0 saturated carbocycles. The van der Waals surface area contributed by atoms with Gasteiger partial charge in [0, 0.05) is 18.8 Å². The molecule has 2 aromatic heterocycles. The van der Waals surface area contributed by atoms with Crippen LogP contribution in [0.2, 0.25) is 0 Å². The number of nitrogens with one attached hydrogen (secondary N) is 1. The number of carbonyl (C=O) groups excluding carboxylic acids is 1. The molecule has 0 spiro atoms. The van der Waals surface area contributed by atoms with Crippen LogP contribution >= 0.6 is 0 Å². The predicted molar refractivity (Wildman–Crippen MR) is 109 cm³/mol. The van der Waals surface area contributed by atoms with Gasteiger partial charge < -0.3 is 5.32 Å². The van der Waals surface area contributed by atoms with Crippen molar-refractivity contribution in [2.24, 2.45) is 7.05 Å². The molecule has 0 aliphatic heterocycles. The van der Waals surface area contributed by atoms with Crippen LogP contribution in [0.3, 0.4) is 0 Å². The summed E-state index contributed by atoms with van der Waals surface area (Å²) < 4.78 is 1.78. The molecule has 2 heterocycles. The average molecular weight is 368 g/mol. The Kier molecular flexibility index (Phi) is 4.97. The molecule has 0 fully saturated rings. The van der Waals surface area contributed by atoms with E-state index in [9.17, 15) is 4.79 Å². The van der Waals surface area contributed by atoms with Gasteiger partial charge in [0.1, 0.15) is 0 Å². The molecule has 28 heavy (non-hydrogen) atoms. The zero-order valence-electron chi connectivity index (χ0n) is 15.5. The van der Waals surface area contributed by atoms with Gasteiger partial charge in [0.15, 0.2) is 0 Å². The normalized spacial score (nSPS) is 10.6. The summed E-state index contributed by atoms with van der Waals surface area (Å²) in [6.45, 7) is 0.361. The van der Waals surface area contributed by atoms with Crippen molar-refractivity contribution < 1.29 is 4.79 Å². The Hall–Kier alpha value is -3.73. The van der Waals surface area contributed by atoms with Crippen molar-refractivity contribution in [1.29, 1.82) is 0 Å². The highest BCUT2D eigenvalue weighted by molar-refractivity contribution is 5.94. The van der Waals surface area contributed by atoms with Crippen molar-refractivity contribution in [2.45, 2.75) is 6.54 Å². The lowest BCUT2D eigenvalue weighted by Crippen LogP contribution is -2.23. The monoisotopic (exact) mass is 368 g/mol. The van der Waals surface area contributed by atoms with Crippen LogP contribution in [0.5, 0.6) is 0 Å². The maximum absolute atomic E-state index is 12.5. The third-order valence-corrected chi connectivity index (χ3v) is 4.54. The van der Waals surface area contributed by atoms with Gasteiger partial charge in [-0.3, -0.25) is 14.5 Å². The minimum absolute atomic E-state index is 0.121. The fourth-order valence-corrected chi connectivity index (χ4v) is 3.08. The van der Waals surface area contributed by atoms with E-state index in [-0.39, 0.29) is 5.91 Å². The zero-order valence-corrected chi connectivity index (χ0v) is 15.5. The van der Waals surface area contributed by atoms with E-state index in [1.165, 1.54) is 0 Å². The van der Waals surface area contributed by atoms with Crippen LogP contribution in [-0.4, -0.2) is 20.7 Å². The Morgan fingerprint density at radius 2 is 1.64 bits per heavy atom. The number of pyridine rings is 1. The summed E-state index contributed by atoms with van der Waals surface area (Å²) >= 11 is 0. The van der Waals surface area contributed by atoms with Gasteiger partial charge >= 0.3 is 0 Å². The van der Waals surface area contributed by atoms with Crippen LogP contribution in [-0.2, 0) is 13.6 Å². The summed E-state index contributed by atoms with van der Waals surface area (Å²) in [5.74, 6) is -0.121. The average Bonchev–Trinajstić information content (AvgIpc) is 3.14. The molecule has 0 saturated heterocycles. The number of benzene rings is 2. The van der Waals surface area contributed by atoms with Crippen LogP contribution in [0.15, 0.2) is 85.1 Å². The van der Waals surface area contributed by atoms with E-state index in [2.05, 4.69) is 27.5 Å². The van der Waals surface area contributed by atoms with Crippen molar-refractivity contribution in [1.82, 2.24) is 20.1 Å². The summed E-state index contributed by atoms with van der Waals surface area (Å²) in [6.07, 6.45) is 1.75. The van der Waals surface area contributed by atoms with Gasteiger partial charge in [-0.1, -0.05) is 48.5 Å². The Morgan fingerprint density at radius 1 is 0.929 bits per heavy atom. The zero-order chi connectivity index (χ0) is 19.3. The molecule has 0 atom stereocenters. The summed E-state index contributed by atoms with van der Waals surface area (Å²) in [7, 11) is 1.87. The van der Waals surface area contributed by atoms with Gasteiger partial charge in [0.2, 0.25) is 0 Å². The smallest absolute Gasteiger partial charge is 0.251 e. The lowest BCUT2D eigenvalue weighted by Gasteiger charge is -2.05. The largest absolute Gasteiger partial charge is 0.346 e. The van der Waals surface area contributed by atoms with Crippen LogP contribution in [0.1, 0.15) is 16.1 Å². The molecule has 5 heteroatoms. The van der Waals surface area contributed by atoms with Crippen molar-refractivity contribution in [2.75, 3.05) is 0 Å². The molecule has 0 unspecified atom stereocenters. The molecule has 5 nitrogen and oxygen atoms in total. The quantitative estimate of drug-likeness (QED) is 0.577. The van der Waals surface area contributed by atoms with Gasteiger partial charge in [0.05, 0.1) is 23.6 Å². The molecule has 0 aliphatic carbocycles. The summed E-state index contributed by atoms with van der Waals surface area (Å²) in [4.78, 5) is 16.8. The summed E-state index contributed by atoms with van der Waals surface area (Å²) in [5.41, 5.74) is 5.40. The minimum Gasteiger partial charge on any atom is -0.346 e. The molecule has 1 amide bonds. The second kappa shape index (κ2) is 7.88. The molecule has 0 radical (unpaired) electrons. The third kappa shape index (κ3) is 3.83. The number of hydrogen-bond acceptors (Lipinski definition) is 3. The minimum atomic E-state index is -0.121. The molecule has 138 valence electrons. The van der Waals surface area contributed by atoms with Gasteiger partial charge in [0.25, 0.3) is 5.91 Å². The van der Waals surface area contributed by atoms with E-state index >= 15 is 0 Å². The molecular formula is C23H20N4O. The number of rotatable bonds is 5. The number of nitrogens with zero attached hydrogens (tertiary/aromatic N) is 3. The molecular weight excluding hydrogens is 348 g/mol. The molecule has 2 aromatic carbocycles. The third-order valence-electron chi connectivity index (χ3n) is 4.54. The van der Waals surface area contributed by atoms with E-state index in [0.717, 1.165) is 28.2 Å². The number of aryl methyl sites for hydroxylation is 1. The maximum Gasteiger partial charge on any atom is 0.251 e. The van der Waals surface area contributed by atoms with Gasteiger partial charge in [-0.25, -0.2) is 0 Å². The van der Waals surface area contributed by atoms with E-state index in [0.29, 0.717) is 12.1 Å². The Balaban J connectivity index is 1.42. The SMILES string of the molecule is Cn1nc(CNC(=O)c2ccc(-c3ccccc3)cc2)cc1-c1ccccn1. The Bertz CT molecular complexity index is 1070. The first-order valence-corrected chi connectivity index (χ1v) is 9.09. The molecule has 4 aromatic rings. The van der Waals surface area contributed by atoms with Crippen LogP contribution < -0.4 is 5.32 Å². The second-order valence-corrected chi connectivity index (χ2v) is 6.49. The maximum atomic E-state index is 12.5. The standard InChI is InChI=1S/C23H20N4O/c1-27-22(21-9-5-6-14-24-21)15-20(26-27)16-25-23(28)19-12-10-18(11-13-19)17-7-3-2-4-8-17/h2-15H,16H2,1H3,(H,25,28). The van der Waals surface area contributed by atoms with Crippen molar-refractivity contribution in [3.63, 3.8) is 0 Å². The van der Waals surface area contributed by atoms with Crippen LogP contribution in [0, 0.1) is 0 Å². The lowest BCUT2D eigenvalue weighted by atomic mass is 10.0. The highest BCUT2D eigenvalue weighted by Gasteiger charge is 2.10. The number of aromatic nitrogens is 3. The summed E-state index contributed by atoms with van der Waals surface area (Å²) in [5, 5.41) is 7.40.